The molecule has 0 saturated heterocycles. The molecule has 1 aromatic heterocycles. The zero-order valence-electron chi connectivity index (χ0n) is 19.0. The molecule has 2 aromatic rings. The number of thiophene rings is 1. The third-order valence-corrected chi connectivity index (χ3v) is 7.51. The number of rotatable bonds is 5. The zero-order chi connectivity index (χ0) is 23.8. The van der Waals surface area contributed by atoms with Gasteiger partial charge in [-0.1, -0.05) is 29.8 Å². The number of amides is 1. The molecule has 2 N–H and O–H groups in total. The quantitative estimate of drug-likeness (QED) is 0.483. The number of nitrogens with zero attached hydrogens (tertiary/aromatic N) is 5. The van der Waals surface area contributed by atoms with Crippen molar-refractivity contribution in [3.8, 4) is 0 Å². The molecule has 1 unspecified atom stereocenters. The van der Waals surface area contributed by atoms with Gasteiger partial charge in [0, 0.05) is 33.6 Å². The van der Waals surface area contributed by atoms with Crippen LogP contribution < -0.4 is 15.8 Å². The van der Waals surface area contributed by atoms with Crippen molar-refractivity contribution < 1.29 is 4.79 Å². The fourth-order valence-electron chi connectivity index (χ4n) is 4.22. The van der Waals surface area contributed by atoms with Crippen LogP contribution in [0.3, 0.4) is 0 Å². The highest BCUT2D eigenvalue weighted by molar-refractivity contribution is 7.17. The smallest absolute Gasteiger partial charge is 0.242 e. The van der Waals surface area contributed by atoms with Gasteiger partial charge < -0.3 is 0 Å². The van der Waals surface area contributed by atoms with E-state index in [-0.39, 0.29) is 18.5 Å². The largest absolute Gasteiger partial charge is 0.295 e. The summed E-state index contributed by atoms with van der Waals surface area (Å²) in [4.78, 5) is 25.5. The number of halogens is 1. The molecule has 4 heterocycles. The van der Waals surface area contributed by atoms with Gasteiger partial charge in [0.2, 0.25) is 5.91 Å². The van der Waals surface area contributed by atoms with Crippen LogP contribution in [0.15, 0.2) is 56.7 Å². The summed E-state index contributed by atoms with van der Waals surface area (Å²) in [6.07, 6.45) is 5.82. The van der Waals surface area contributed by atoms with Gasteiger partial charge in [-0.15, -0.1) is 11.3 Å². The number of fused-ring (bicyclic) bond motifs is 3. The number of aryl methyl sites for hydroxylation is 1. The Kier molecular flexibility index (Phi) is 6.05. The first kappa shape index (κ1) is 22.5. The Bertz CT molecular complexity index is 1290. The van der Waals surface area contributed by atoms with Gasteiger partial charge in [0.05, 0.1) is 24.1 Å². The normalized spacial score (nSPS) is 20.9. The minimum atomic E-state index is -0.396. The maximum atomic E-state index is 12.8. The molecule has 0 radical (unpaired) electrons. The van der Waals surface area contributed by atoms with E-state index in [0.29, 0.717) is 5.02 Å². The highest BCUT2D eigenvalue weighted by atomic mass is 35.5. The Balaban J connectivity index is 1.51. The monoisotopic (exact) mass is 493 g/mol. The molecule has 174 valence electrons. The van der Waals surface area contributed by atoms with Crippen molar-refractivity contribution in [1.29, 1.82) is 0 Å². The van der Waals surface area contributed by atoms with Gasteiger partial charge in [0.15, 0.2) is 0 Å². The molecular weight excluding hydrogens is 470 g/mol. The number of anilines is 1. The van der Waals surface area contributed by atoms with Crippen LogP contribution in [0.25, 0.3) is 0 Å². The summed E-state index contributed by atoms with van der Waals surface area (Å²) in [5.74, 6) is 0.617. The van der Waals surface area contributed by atoms with E-state index in [1.807, 2.05) is 37.3 Å². The number of nitrogens with one attached hydrogen (secondary N) is 2. The number of carbonyl (C=O) groups excluding carboxylic acids is 1. The van der Waals surface area contributed by atoms with Crippen LogP contribution in [0.1, 0.15) is 41.3 Å². The highest BCUT2D eigenvalue weighted by Crippen LogP contribution is 2.42. The molecule has 3 aliphatic rings. The molecule has 8 nitrogen and oxygen atoms in total. The van der Waals surface area contributed by atoms with Crippen molar-refractivity contribution in [2.45, 2.75) is 45.8 Å². The molecule has 0 fully saturated rings. The van der Waals surface area contributed by atoms with Crippen molar-refractivity contribution in [2.75, 3.05) is 4.90 Å². The maximum Gasteiger partial charge on any atom is 0.242 e. The van der Waals surface area contributed by atoms with E-state index in [1.165, 1.54) is 10.4 Å². The number of amidine groups is 1. The van der Waals surface area contributed by atoms with Crippen LogP contribution in [0.5, 0.6) is 0 Å². The average molecular weight is 494 g/mol. The molecular formula is C24H24ClN7OS. The molecule has 0 aliphatic carbocycles. The molecule has 2 atom stereocenters. The topological polar surface area (TPSA) is 93.8 Å². The highest BCUT2D eigenvalue weighted by Gasteiger charge is 2.40. The summed E-state index contributed by atoms with van der Waals surface area (Å²) >= 11 is 7.87. The van der Waals surface area contributed by atoms with Gasteiger partial charge in [-0.3, -0.25) is 25.1 Å². The van der Waals surface area contributed by atoms with Crippen LogP contribution >= 0.6 is 22.9 Å². The summed E-state index contributed by atoms with van der Waals surface area (Å²) in [6, 6.07) is 7.27. The van der Waals surface area contributed by atoms with Gasteiger partial charge in [-0.05, 0) is 38.5 Å². The first-order valence-corrected chi connectivity index (χ1v) is 12.2. The predicted octanol–water partition coefficient (Wildman–Crippen LogP) is 4.16. The Morgan fingerprint density at radius 1 is 1.32 bits per heavy atom. The second-order valence-electron chi connectivity index (χ2n) is 8.32. The SMILES string of the molecule is CC1=NNC2[C@H](CC(=O)N/N=C/C3=NC=CC3)N=C(c3ccc(Cl)cc3)c3c(sc(C)c3C)N12. The Hall–Kier alpha value is -3.30. The summed E-state index contributed by atoms with van der Waals surface area (Å²) in [5, 5.41) is 10.3. The van der Waals surface area contributed by atoms with Crippen LogP contribution in [0.4, 0.5) is 5.00 Å². The molecule has 0 bridgehead atoms. The van der Waals surface area contributed by atoms with Gasteiger partial charge in [-0.25, -0.2) is 5.43 Å². The molecule has 5 rings (SSSR count). The molecule has 0 saturated carbocycles. The second kappa shape index (κ2) is 9.15. The van der Waals surface area contributed by atoms with Crippen LogP contribution in [0.2, 0.25) is 5.02 Å². The van der Waals surface area contributed by atoms with Crippen molar-refractivity contribution >= 4 is 57.3 Å². The molecule has 3 aliphatic heterocycles. The lowest BCUT2D eigenvalue weighted by Gasteiger charge is -2.27. The Morgan fingerprint density at radius 3 is 2.85 bits per heavy atom. The maximum absolute atomic E-state index is 12.8. The number of carbonyl (C=O) groups is 1. The van der Waals surface area contributed by atoms with Crippen LogP contribution in [0, 0.1) is 13.8 Å². The first-order chi connectivity index (χ1) is 16.4. The minimum absolute atomic E-state index is 0.142. The fraction of sp³-hybridized carbons (Fsp3) is 0.292. The van der Waals surface area contributed by atoms with Gasteiger partial charge in [0.1, 0.15) is 23.0 Å². The lowest BCUT2D eigenvalue weighted by Crippen LogP contribution is -2.48. The molecule has 1 amide bonds. The molecule has 1 aromatic carbocycles. The van der Waals surface area contributed by atoms with E-state index in [9.17, 15) is 4.79 Å². The summed E-state index contributed by atoms with van der Waals surface area (Å²) in [5.41, 5.74) is 10.7. The van der Waals surface area contributed by atoms with Crippen LogP contribution in [-0.4, -0.2) is 41.6 Å². The number of hydrogen-bond donors (Lipinski definition) is 2. The fourth-order valence-corrected chi connectivity index (χ4v) is 5.59. The number of hydrogen-bond acceptors (Lipinski definition) is 8. The van der Waals surface area contributed by atoms with Crippen molar-refractivity contribution in [3.05, 3.63) is 63.1 Å². The Morgan fingerprint density at radius 2 is 2.12 bits per heavy atom. The van der Waals surface area contributed by atoms with Gasteiger partial charge in [-0.2, -0.15) is 10.2 Å². The van der Waals surface area contributed by atoms with E-state index in [4.69, 9.17) is 16.6 Å². The molecule has 10 heteroatoms. The van der Waals surface area contributed by atoms with Crippen LogP contribution in [-0.2, 0) is 4.79 Å². The third-order valence-electron chi connectivity index (χ3n) is 6.05. The summed E-state index contributed by atoms with van der Waals surface area (Å²) in [6.45, 7) is 6.20. The van der Waals surface area contributed by atoms with Crippen molar-refractivity contribution in [1.82, 2.24) is 10.9 Å². The number of allylic oxidation sites excluding steroid dienone is 1. The third kappa shape index (κ3) is 4.17. The summed E-state index contributed by atoms with van der Waals surface area (Å²) < 4.78 is 0. The number of benzene rings is 1. The first-order valence-electron chi connectivity index (χ1n) is 11.0. The van der Waals surface area contributed by atoms with E-state index < -0.39 is 6.04 Å². The molecule has 0 spiro atoms. The van der Waals surface area contributed by atoms with Crippen molar-refractivity contribution in [2.24, 2.45) is 20.2 Å². The lowest BCUT2D eigenvalue weighted by molar-refractivity contribution is -0.121. The van der Waals surface area contributed by atoms with E-state index in [0.717, 1.165) is 39.8 Å². The zero-order valence-corrected chi connectivity index (χ0v) is 20.6. The predicted molar refractivity (Wildman–Crippen MR) is 140 cm³/mol. The van der Waals surface area contributed by atoms with Gasteiger partial charge in [0.25, 0.3) is 0 Å². The van der Waals surface area contributed by atoms with Crippen molar-refractivity contribution in [3.63, 3.8) is 0 Å². The molecule has 34 heavy (non-hydrogen) atoms. The van der Waals surface area contributed by atoms with E-state index in [1.54, 1.807) is 23.8 Å². The van der Waals surface area contributed by atoms with E-state index in [2.05, 4.69) is 44.8 Å². The standard InChI is InChI=1S/C24H24ClN7OS/c1-13-14(2)34-24-21(13)22(16-6-8-17(25)9-7-16)28-19(23-31-29-15(3)32(23)24)11-20(33)30-27-12-18-5-4-10-26-18/h4,6-10,12,19,23,31H,5,11H2,1-3H3,(H,30,33)/b27-12+/t19-,23?/m0/s1. The Labute approximate surface area is 206 Å². The summed E-state index contributed by atoms with van der Waals surface area (Å²) in [7, 11) is 0. The minimum Gasteiger partial charge on any atom is -0.295 e. The van der Waals surface area contributed by atoms with Gasteiger partial charge >= 0.3 is 0 Å². The van der Waals surface area contributed by atoms with E-state index >= 15 is 0 Å². The number of hydrazone groups is 2. The number of aliphatic imine (C=N–C) groups is 2. The average Bonchev–Trinajstić information content (AvgIpc) is 3.51. The second-order valence-corrected chi connectivity index (χ2v) is 9.96. The lowest BCUT2D eigenvalue weighted by atomic mass is 9.99.